The Morgan fingerprint density at radius 3 is 2.63 bits per heavy atom. The third-order valence-electron chi connectivity index (χ3n) is 7.62. The van der Waals surface area contributed by atoms with Crippen molar-refractivity contribution < 1.29 is 15.0 Å². The lowest BCUT2D eigenvalue weighted by atomic mass is 9.90. The van der Waals surface area contributed by atoms with E-state index in [1.54, 1.807) is 0 Å². The number of thiophene rings is 1. The number of pyridine rings is 1. The lowest BCUT2D eigenvalue weighted by Gasteiger charge is -2.24. The van der Waals surface area contributed by atoms with Crippen LogP contribution in [0.4, 0.5) is 0 Å². The molecule has 8 heteroatoms. The molecular weight excluding hydrogens is 593 g/mol. The Labute approximate surface area is 259 Å². The number of carboxylic acid groups (broad SMARTS) is 1. The molecule has 0 radical (unpaired) electrons. The van der Waals surface area contributed by atoms with Gasteiger partial charge < -0.3 is 10.2 Å². The van der Waals surface area contributed by atoms with Crippen LogP contribution in [0.3, 0.4) is 0 Å². The van der Waals surface area contributed by atoms with E-state index in [-0.39, 0.29) is 17.1 Å². The van der Waals surface area contributed by atoms with Crippen molar-refractivity contribution in [2.24, 2.45) is 5.41 Å². The van der Waals surface area contributed by atoms with Crippen LogP contribution in [0.1, 0.15) is 72.7 Å². The van der Waals surface area contributed by atoms with Gasteiger partial charge in [0.1, 0.15) is 9.85 Å². The second-order valence-electron chi connectivity index (χ2n) is 11.4. The Morgan fingerprint density at radius 1 is 1.12 bits per heavy atom. The van der Waals surface area contributed by atoms with Crippen LogP contribution < -0.4 is 0 Å². The maximum Gasteiger partial charge on any atom is 0.303 e. The number of benzene rings is 2. The molecule has 1 atom stereocenters. The number of aliphatic carboxylic acids is 1. The molecule has 214 valence electrons. The predicted octanol–water partition coefficient (Wildman–Crippen LogP) is 9.66. The second-order valence-corrected chi connectivity index (χ2v) is 14.6. The molecule has 2 N–H and O–H groups in total. The third kappa shape index (κ3) is 7.54. The van der Waals surface area contributed by atoms with Crippen LogP contribution in [0.15, 0.2) is 60.7 Å². The fourth-order valence-electron chi connectivity index (χ4n) is 5.19. The number of halogens is 2. The van der Waals surface area contributed by atoms with Gasteiger partial charge in [0.15, 0.2) is 0 Å². The molecule has 1 aliphatic carbocycles. The summed E-state index contributed by atoms with van der Waals surface area (Å²) in [6.07, 6.45) is 7.90. The zero-order valence-corrected chi connectivity index (χ0v) is 26.2. The first-order chi connectivity index (χ1) is 19.5. The number of carbonyl (C=O) groups is 1. The summed E-state index contributed by atoms with van der Waals surface area (Å²) in [7, 11) is 0. The van der Waals surface area contributed by atoms with Gasteiger partial charge in [0.05, 0.1) is 27.4 Å². The number of hydrogen-bond acceptors (Lipinski definition) is 5. The minimum absolute atomic E-state index is 0.0899. The molecule has 2 heterocycles. The van der Waals surface area contributed by atoms with Gasteiger partial charge in [-0.15, -0.1) is 11.3 Å². The number of aromatic nitrogens is 1. The van der Waals surface area contributed by atoms with Gasteiger partial charge in [-0.25, -0.2) is 4.98 Å². The van der Waals surface area contributed by atoms with Crippen molar-refractivity contribution in [1.29, 1.82) is 0 Å². The van der Waals surface area contributed by atoms with Crippen LogP contribution in [-0.4, -0.2) is 26.9 Å². The summed E-state index contributed by atoms with van der Waals surface area (Å²) in [6, 6.07) is 20.5. The second kappa shape index (κ2) is 12.5. The van der Waals surface area contributed by atoms with E-state index in [0.29, 0.717) is 9.36 Å². The van der Waals surface area contributed by atoms with Gasteiger partial charge in [-0.2, -0.15) is 11.8 Å². The molecule has 4 nitrogen and oxygen atoms in total. The number of aryl methyl sites for hydroxylation is 1. The lowest BCUT2D eigenvalue weighted by Crippen LogP contribution is -2.18. The Morgan fingerprint density at radius 2 is 1.90 bits per heavy atom. The van der Waals surface area contributed by atoms with Crippen LogP contribution in [-0.2, 0) is 16.8 Å². The van der Waals surface area contributed by atoms with Gasteiger partial charge in [0.25, 0.3) is 0 Å². The fraction of sp³-hybridized carbons (Fsp3) is 0.333. The highest BCUT2D eigenvalue weighted by Gasteiger charge is 2.44. The molecule has 0 amide bonds. The average molecular weight is 627 g/mol. The third-order valence-corrected chi connectivity index (χ3v) is 11.2. The molecule has 1 saturated carbocycles. The molecule has 2 aromatic carbocycles. The molecule has 5 rings (SSSR count). The molecule has 0 bridgehead atoms. The minimum Gasteiger partial charge on any atom is -0.481 e. The normalized spacial score (nSPS) is 15.4. The minimum atomic E-state index is -0.918. The number of hydrogen-bond donors (Lipinski definition) is 2. The highest BCUT2D eigenvalue weighted by molar-refractivity contribution is 7.99. The molecule has 0 unspecified atom stereocenters. The number of rotatable bonds is 12. The van der Waals surface area contributed by atoms with Crippen molar-refractivity contribution in [3.63, 3.8) is 0 Å². The highest BCUT2D eigenvalue weighted by atomic mass is 35.5. The van der Waals surface area contributed by atoms with Gasteiger partial charge in [-0.05, 0) is 85.4 Å². The Bertz CT molecular complexity index is 1590. The Hall–Kier alpha value is -2.35. The SMILES string of the molecule is CC(C)(O)c1ccccc1CC[C@@H](SCC1(CC(=O)O)CC1)c1cccc(/C=C/c2ccc3sc(Cl)c(Cl)c3n2)c1. The molecule has 1 fully saturated rings. The largest absolute Gasteiger partial charge is 0.481 e. The number of carboxylic acids is 1. The quantitative estimate of drug-likeness (QED) is 0.164. The van der Waals surface area contributed by atoms with Crippen LogP contribution >= 0.6 is 46.3 Å². The van der Waals surface area contributed by atoms with E-state index in [2.05, 4.69) is 41.4 Å². The van der Waals surface area contributed by atoms with E-state index < -0.39 is 11.6 Å². The monoisotopic (exact) mass is 625 g/mol. The van der Waals surface area contributed by atoms with E-state index >= 15 is 0 Å². The van der Waals surface area contributed by atoms with E-state index in [4.69, 9.17) is 23.2 Å². The van der Waals surface area contributed by atoms with Crippen molar-refractivity contribution in [3.05, 3.63) is 98.0 Å². The van der Waals surface area contributed by atoms with Crippen LogP contribution in [0.2, 0.25) is 9.36 Å². The number of thioether (sulfide) groups is 1. The molecule has 41 heavy (non-hydrogen) atoms. The number of nitrogens with zero attached hydrogens (tertiary/aromatic N) is 1. The molecule has 0 aliphatic heterocycles. The maximum atomic E-state index is 11.5. The highest BCUT2D eigenvalue weighted by Crippen LogP contribution is 2.53. The molecule has 2 aromatic heterocycles. The molecule has 0 spiro atoms. The van der Waals surface area contributed by atoms with E-state index in [0.717, 1.165) is 64.0 Å². The molecular formula is C33H33Cl2NO3S2. The molecule has 0 saturated heterocycles. The van der Waals surface area contributed by atoms with Crippen LogP contribution in [0, 0.1) is 5.41 Å². The fourth-order valence-corrected chi connectivity index (χ4v) is 8.17. The smallest absolute Gasteiger partial charge is 0.303 e. The zero-order valence-electron chi connectivity index (χ0n) is 23.1. The summed E-state index contributed by atoms with van der Waals surface area (Å²) in [4.78, 5) is 16.2. The van der Waals surface area contributed by atoms with Crippen molar-refractivity contribution in [2.45, 2.75) is 56.8 Å². The first-order valence-corrected chi connectivity index (χ1v) is 16.3. The van der Waals surface area contributed by atoms with Crippen molar-refractivity contribution in [2.75, 3.05) is 5.75 Å². The number of aliphatic hydroxyl groups is 1. The first kappa shape index (κ1) is 30.1. The maximum absolute atomic E-state index is 11.5. The van der Waals surface area contributed by atoms with E-state index in [1.165, 1.54) is 16.9 Å². The standard InChI is InChI=1S/C33H33Cl2NO3S2/c1-32(2,39)25-9-4-3-7-22(25)11-14-26(40-20-33(16-17-33)19-28(37)38)23-8-5-6-21(18-23)10-12-24-13-15-27-30(36-24)29(34)31(35)41-27/h3-10,12-13,15,18,26,39H,11,14,16-17,19-20H2,1-2H3,(H,37,38)/b12-10+/t26-/m1/s1. The van der Waals surface area contributed by atoms with Crippen molar-refractivity contribution >= 4 is 74.6 Å². The van der Waals surface area contributed by atoms with Crippen LogP contribution in [0.25, 0.3) is 22.4 Å². The van der Waals surface area contributed by atoms with Crippen molar-refractivity contribution in [1.82, 2.24) is 4.98 Å². The summed E-state index contributed by atoms with van der Waals surface area (Å²) in [5.41, 5.74) is 4.87. The van der Waals surface area contributed by atoms with E-state index in [9.17, 15) is 15.0 Å². The van der Waals surface area contributed by atoms with Crippen molar-refractivity contribution in [3.8, 4) is 0 Å². The molecule has 4 aromatic rings. The van der Waals surface area contributed by atoms with Gasteiger partial charge >= 0.3 is 5.97 Å². The zero-order chi connectivity index (χ0) is 29.2. The summed E-state index contributed by atoms with van der Waals surface area (Å²) in [5, 5.41) is 20.8. The lowest BCUT2D eigenvalue weighted by molar-refractivity contribution is -0.138. The summed E-state index contributed by atoms with van der Waals surface area (Å²) >= 11 is 15.8. The Balaban J connectivity index is 1.38. The van der Waals surface area contributed by atoms with Gasteiger partial charge in [-0.1, -0.05) is 77.8 Å². The van der Waals surface area contributed by atoms with Crippen LogP contribution in [0.5, 0.6) is 0 Å². The van der Waals surface area contributed by atoms with Gasteiger partial charge in [0.2, 0.25) is 0 Å². The van der Waals surface area contributed by atoms with Gasteiger partial charge in [-0.3, -0.25) is 4.79 Å². The molecule has 1 aliphatic rings. The summed E-state index contributed by atoms with van der Waals surface area (Å²) in [6.45, 7) is 3.65. The topological polar surface area (TPSA) is 70.4 Å². The first-order valence-electron chi connectivity index (χ1n) is 13.7. The predicted molar refractivity (Wildman–Crippen MR) is 174 cm³/mol. The Kier molecular flexibility index (Phi) is 9.17. The van der Waals surface area contributed by atoms with E-state index in [1.807, 2.05) is 62.0 Å². The average Bonchev–Trinajstić information content (AvgIpc) is 3.63. The summed E-state index contributed by atoms with van der Waals surface area (Å²) < 4.78 is 1.51. The van der Waals surface area contributed by atoms with Gasteiger partial charge in [0, 0.05) is 11.0 Å². The number of fused-ring (bicyclic) bond motifs is 1. The summed E-state index contributed by atoms with van der Waals surface area (Å²) in [5.74, 6) is 0.106.